The third-order valence-electron chi connectivity index (χ3n) is 3.35. The summed E-state index contributed by atoms with van der Waals surface area (Å²) in [5, 5.41) is 4.47. The first-order valence-electron chi connectivity index (χ1n) is 6.76. The summed E-state index contributed by atoms with van der Waals surface area (Å²) in [4.78, 5) is 0. The maximum Gasteiger partial charge on any atom is 0.113 e. The van der Waals surface area contributed by atoms with Crippen molar-refractivity contribution in [3.63, 3.8) is 0 Å². The van der Waals surface area contributed by atoms with Gasteiger partial charge in [0, 0.05) is 11.3 Å². The third-order valence-corrected chi connectivity index (χ3v) is 4.70. The highest BCUT2D eigenvalue weighted by Gasteiger charge is 2.21. The first-order valence-corrected chi connectivity index (χ1v) is 7.80. The minimum atomic E-state index is 0.748. The normalized spacial score (nSPS) is 25.0. The molecule has 1 aromatic rings. The molecule has 0 radical (unpaired) electrons. The molecule has 1 heterocycles. The molecule has 96 valence electrons. The van der Waals surface area contributed by atoms with Crippen LogP contribution in [0.3, 0.4) is 0 Å². The Labute approximate surface area is 109 Å². The monoisotopic (exact) mass is 253 g/mol. The summed E-state index contributed by atoms with van der Waals surface area (Å²) in [6.45, 7) is 3.40. The van der Waals surface area contributed by atoms with Crippen LogP contribution < -0.4 is 5.32 Å². The van der Waals surface area contributed by atoms with Gasteiger partial charge in [0.2, 0.25) is 0 Å². The second-order valence-electron chi connectivity index (χ2n) is 4.83. The maximum absolute atomic E-state index is 5.38. The van der Waals surface area contributed by atoms with Crippen LogP contribution in [0.15, 0.2) is 22.8 Å². The summed E-state index contributed by atoms with van der Waals surface area (Å²) in [7, 11) is 0. The predicted molar refractivity (Wildman–Crippen MR) is 74.3 cm³/mol. The molecule has 0 aromatic carbocycles. The van der Waals surface area contributed by atoms with Crippen molar-refractivity contribution in [2.45, 2.75) is 56.1 Å². The Balaban J connectivity index is 1.69. The van der Waals surface area contributed by atoms with Gasteiger partial charge in [0.1, 0.15) is 5.76 Å². The number of hydrogen-bond donors (Lipinski definition) is 1. The van der Waals surface area contributed by atoms with Crippen LogP contribution >= 0.6 is 11.8 Å². The highest BCUT2D eigenvalue weighted by molar-refractivity contribution is 7.99. The molecule has 1 fully saturated rings. The lowest BCUT2D eigenvalue weighted by Crippen LogP contribution is -2.35. The van der Waals surface area contributed by atoms with Gasteiger partial charge in [-0.15, -0.1) is 0 Å². The summed E-state index contributed by atoms with van der Waals surface area (Å²) < 4.78 is 5.38. The Morgan fingerprint density at radius 2 is 2.41 bits per heavy atom. The van der Waals surface area contributed by atoms with E-state index < -0.39 is 0 Å². The summed E-state index contributed by atoms with van der Waals surface area (Å²) in [6.07, 6.45) is 8.43. The SMILES string of the molecule is CCCNC1CCCC(SCc2ccco2)C1. The Bertz CT molecular complexity index is 299. The molecule has 1 aromatic heterocycles. The predicted octanol–water partition coefficient (Wildman–Crippen LogP) is 3.82. The van der Waals surface area contributed by atoms with E-state index in [9.17, 15) is 0 Å². The standard InChI is InChI=1S/C14H23NOS/c1-2-8-15-12-5-3-7-14(10-12)17-11-13-6-4-9-16-13/h4,6,9,12,14-15H,2-3,5,7-8,10-11H2,1H3. The van der Waals surface area contributed by atoms with Crippen molar-refractivity contribution >= 4 is 11.8 Å². The molecule has 0 aliphatic heterocycles. The van der Waals surface area contributed by atoms with Crippen LogP contribution in [-0.2, 0) is 5.75 Å². The minimum Gasteiger partial charge on any atom is -0.468 e. The molecule has 17 heavy (non-hydrogen) atoms. The van der Waals surface area contributed by atoms with Crippen LogP contribution in [-0.4, -0.2) is 17.8 Å². The van der Waals surface area contributed by atoms with Gasteiger partial charge in [0.25, 0.3) is 0 Å². The smallest absolute Gasteiger partial charge is 0.113 e. The van der Waals surface area contributed by atoms with Crippen molar-refractivity contribution in [1.82, 2.24) is 5.32 Å². The van der Waals surface area contributed by atoms with E-state index >= 15 is 0 Å². The van der Waals surface area contributed by atoms with Crippen molar-refractivity contribution in [2.75, 3.05) is 6.54 Å². The third kappa shape index (κ3) is 4.40. The fraction of sp³-hybridized carbons (Fsp3) is 0.714. The summed E-state index contributed by atoms with van der Waals surface area (Å²) in [5.74, 6) is 2.14. The van der Waals surface area contributed by atoms with Crippen LogP contribution in [0.5, 0.6) is 0 Å². The molecule has 2 unspecified atom stereocenters. The van der Waals surface area contributed by atoms with Crippen LogP contribution in [0.1, 0.15) is 44.8 Å². The van der Waals surface area contributed by atoms with Gasteiger partial charge in [-0.05, 0) is 44.4 Å². The number of thioether (sulfide) groups is 1. The van der Waals surface area contributed by atoms with Crippen molar-refractivity contribution < 1.29 is 4.42 Å². The first kappa shape index (κ1) is 13.0. The topological polar surface area (TPSA) is 25.2 Å². The highest BCUT2D eigenvalue weighted by atomic mass is 32.2. The van der Waals surface area contributed by atoms with Gasteiger partial charge in [-0.25, -0.2) is 0 Å². The maximum atomic E-state index is 5.38. The summed E-state index contributed by atoms with van der Waals surface area (Å²) in [6, 6.07) is 4.79. The lowest BCUT2D eigenvalue weighted by molar-refractivity contribution is 0.381. The van der Waals surface area contributed by atoms with Gasteiger partial charge < -0.3 is 9.73 Å². The molecular weight excluding hydrogens is 230 g/mol. The van der Waals surface area contributed by atoms with E-state index in [2.05, 4.69) is 30.1 Å². The van der Waals surface area contributed by atoms with E-state index in [0.717, 1.165) is 22.8 Å². The Kier molecular flexibility index (Phi) is 5.46. The second-order valence-corrected chi connectivity index (χ2v) is 6.12. The van der Waals surface area contributed by atoms with Gasteiger partial charge in [-0.3, -0.25) is 0 Å². The zero-order chi connectivity index (χ0) is 11.9. The zero-order valence-corrected chi connectivity index (χ0v) is 11.5. The average molecular weight is 253 g/mol. The molecule has 0 saturated heterocycles. The quantitative estimate of drug-likeness (QED) is 0.834. The van der Waals surface area contributed by atoms with Crippen LogP contribution in [0.25, 0.3) is 0 Å². The molecule has 1 aliphatic rings. The molecule has 1 N–H and O–H groups in total. The zero-order valence-electron chi connectivity index (χ0n) is 10.7. The largest absolute Gasteiger partial charge is 0.468 e. The second kappa shape index (κ2) is 7.12. The highest BCUT2D eigenvalue weighted by Crippen LogP contribution is 2.30. The Hall–Kier alpha value is -0.410. The van der Waals surface area contributed by atoms with Crippen molar-refractivity contribution in [2.24, 2.45) is 0 Å². The lowest BCUT2D eigenvalue weighted by Gasteiger charge is -2.29. The molecule has 2 nitrogen and oxygen atoms in total. The molecular formula is C14H23NOS. The lowest BCUT2D eigenvalue weighted by atomic mass is 9.95. The van der Waals surface area contributed by atoms with Crippen LogP contribution in [0.4, 0.5) is 0 Å². The number of hydrogen-bond acceptors (Lipinski definition) is 3. The minimum absolute atomic E-state index is 0.748. The van der Waals surface area contributed by atoms with E-state index in [0.29, 0.717) is 0 Å². The van der Waals surface area contributed by atoms with E-state index in [1.807, 2.05) is 6.07 Å². The van der Waals surface area contributed by atoms with Crippen molar-refractivity contribution in [3.05, 3.63) is 24.2 Å². The molecule has 1 saturated carbocycles. The van der Waals surface area contributed by atoms with E-state index in [1.165, 1.54) is 38.6 Å². The molecule has 0 spiro atoms. The molecule has 0 bridgehead atoms. The molecule has 3 heteroatoms. The molecule has 2 atom stereocenters. The van der Waals surface area contributed by atoms with E-state index in [4.69, 9.17) is 4.42 Å². The average Bonchev–Trinajstić information content (AvgIpc) is 2.87. The van der Waals surface area contributed by atoms with Gasteiger partial charge in [-0.1, -0.05) is 13.3 Å². The van der Waals surface area contributed by atoms with Crippen LogP contribution in [0, 0.1) is 0 Å². The van der Waals surface area contributed by atoms with Gasteiger partial charge in [0.15, 0.2) is 0 Å². The van der Waals surface area contributed by atoms with Gasteiger partial charge in [0.05, 0.1) is 12.0 Å². The Morgan fingerprint density at radius 3 is 3.18 bits per heavy atom. The van der Waals surface area contributed by atoms with Crippen LogP contribution in [0.2, 0.25) is 0 Å². The van der Waals surface area contributed by atoms with Crippen molar-refractivity contribution in [3.8, 4) is 0 Å². The number of rotatable bonds is 6. The van der Waals surface area contributed by atoms with E-state index in [1.54, 1.807) is 6.26 Å². The van der Waals surface area contributed by atoms with Gasteiger partial charge in [-0.2, -0.15) is 11.8 Å². The molecule has 1 aliphatic carbocycles. The fourth-order valence-corrected chi connectivity index (χ4v) is 3.69. The molecule has 2 rings (SSSR count). The van der Waals surface area contributed by atoms with Crippen molar-refractivity contribution in [1.29, 1.82) is 0 Å². The first-order chi connectivity index (χ1) is 8.38. The Morgan fingerprint density at radius 1 is 1.47 bits per heavy atom. The number of furan rings is 1. The van der Waals surface area contributed by atoms with Gasteiger partial charge >= 0.3 is 0 Å². The summed E-state index contributed by atoms with van der Waals surface area (Å²) >= 11 is 2.06. The number of nitrogens with one attached hydrogen (secondary N) is 1. The fourth-order valence-electron chi connectivity index (χ4n) is 2.42. The molecule has 0 amide bonds. The van der Waals surface area contributed by atoms with E-state index in [-0.39, 0.29) is 0 Å². The summed E-state index contributed by atoms with van der Waals surface area (Å²) in [5.41, 5.74) is 0.